The zero-order valence-electron chi connectivity index (χ0n) is 5.28. The highest BCUT2D eigenvalue weighted by molar-refractivity contribution is 5.88. The smallest absolute Gasteiger partial charge is 0.162 e. The molecule has 0 saturated carbocycles. The van der Waals surface area contributed by atoms with Gasteiger partial charge in [0.25, 0.3) is 0 Å². The fourth-order valence-corrected chi connectivity index (χ4v) is 0.401. The molecule has 0 rings (SSSR count). The Hall–Kier alpha value is -1.16. The number of rotatable bonds is 4. The van der Waals surface area contributed by atoms with Gasteiger partial charge in [-0.05, 0) is 0 Å². The molecular weight excluding hydrogens is 136 g/mol. The van der Waals surface area contributed by atoms with E-state index in [1.807, 2.05) is 0 Å². The lowest BCUT2D eigenvalue weighted by Crippen LogP contribution is -2.05. The van der Waals surface area contributed by atoms with Gasteiger partial charge in [-0.1, -0.05) is 0 Å². The predicted molar refractivity (Wildman–Crippen MR) is 33.5 cm³/mol. The maximum absolute atomic E-state index is 10.4. The van der Waals surface area contributed by atoms with E-state index in [9.17, 15) is 9.59 Å². The molecule has 2 N–H and O–H groups in total. The van der Waals surface area contributed by atoms with Gasteiger partial charge in [-0.15, -0.1) is 0 Å². The summed E-state index contributed by atoms with van der Waals surface area (Å²) in [5, 5.41) is 16.4. The Kier molecular flexibility index (Phi) is 4.15. The number of aldehydes is 1. The Balaban J connectivity index is 3.87. The fourth-order valence-electron chi connectivity index (χ4n) is 0.401. The molecule has 10 heavy (non-hydrogen) atoms. The van der Waals surface area contributed by atoms with Crippen LogP contribution in [0.15, 0.2) is 11.8 Å². The molecule has 0 heterocycles. The molecule has 0 aromatic heterocycles. The van der Waals surface area contributed by atoms with E-state index in [0.29, 0.717) is 12.5 Å². The summed E-state index contributed by atoms with van der Waals surface area (Å²) in [6.45, 7) is -0.606. The summed E-state index contributed by atoms with van der Waals surface area (Å²) >= 11 is 0. The Bertz CT molecular complexity index is 159. The second-order valence-corrected chi connectivity index (χ2v) is 1.70. The first kappa shape index (κ1) is 8.84. The molecule has 0 atom stereocenters. The van der Waals surface area contributed by atoms with Gasteiger partial charge in [0, 0.05) is 12.0 Å². The molecular formula is C6H8O4. The van der Waals surface area contributed by atoms with Crippen LogP contribution in [0.1, 0.15) is 6.42 Å². The van der Waals surface area contributed by atoms with Crippen LogP contribution >= 0.6 is 0 Å². The van der Waals surface area contributed by atoms with Gasteiger partial charge in [0.05, 0.1) is 6.26 Å². The Morgan fingerprint density at radius 2 is 2.10 bits per heavy atom. The quantitative estimate of drug-likeness (QED) is 0.319. The summed E-state index contributed by atoms with van der Waals surface area (Å²) < 4.78 is 0. The molecule has 0 aliphatic heterocycles. The van der Waals surface area contributed by atoms with Crippen molar-refractivity contribution in [3.05, 3.63) is 11.8 Å². The van der Waals surface area contributed by atoms with E-state index in [2.05, 4.69) is 0 Å². The summed E-state index contributed by atoms with van der Waals surface area (Å²) in [6.07, 6.45) is 0.713. The maximum atomic E-state index is 10.4. The van der Waals surface area contributed by atoms with Gasteiger partial charge in [0.1, 0.15) is 12.9 Å². The number of Topliss-reactive ketones (excluding diaryl/α,β-unsaturated/α-hetero) is 1. The third kappa shape index (κ3) is 2.99. The Labute approximate surface area is 57.8 Å². The number of aliphatic hydroxyl groups is 2. The van der Waals surface area contributed by atoms with Crippen molar-refractivity contribution in [1.82, 2.24) is 0 Å². The molecule has 0 aliphatic carbocycles. The van der Waals surface area contributed by atoms with E-state index < -0.39 is 12.4 Å². The van der Waals surface area contributed by atoms with Crippen LogP contribution in [0.5, 0.6) is 0 Å². The number of aliphatic hydroxyl groups excluding tert-OH is 2. The summed E-state index contributed by atoms with van der Waals surface area (Å²) in [5.41, 5.74) is -0.0287. The van der Waals surface area contributed by atoms with Crippen LogP contribution in [-0.4, -0.2) is 28.9 Å². The van der Waals surface area contributed by atoms with Gasteiger partial charge in [-0.3, -0.25) is 9.59 Å². The third-order valence-electron chi connectivity index (χ3n) is 0.895. The highest BCUT2D eigenvalue weighted by Gasteiger charge is 2.02. The van der Waals surface area contributed by atoms with Gasteiger partial charge in [0.2, 0.25) is 0 Å². The third-order valence-corrected chi connectivity index (χ3v) is 0.895. The van der Waals surface area contributed by atoms with Gasteiger partial charge in [0.15, 0.2) is 5.78 Å². The van der Waals surface area contributed by atoms with Crippen LogP contribution in [0.2, 0.25) is 0 Å². The number of carbonyl (C=O) groups excluding carboxylic acids is 2. The van der Waals surface area contributed by atoms with E-state index in [4.69, 9.17) is 10.2 Å². The lowest BCUT2D eigenvalue weighted by atomic mass is 10.2. The second-order valence-electron chi connectivity index (χ2n) is 1.70. The SMILES string of the molecule is O=CC(=CO)CC(=O)CO. The average Bonchev–Trinajstić information content (AvgIpc) is 1.99. The largest absolute Gasteiger partial charge is 0.515 e. The van der Waals surface area contributed by atoms with Crippen molar-refractivity contribution in [2.45, 2.75) is 6.42 Å². The minimum absolute atomic E-state index is 0.0287. The predicted octanol–water partition coefficient (Wildman–Crippen LogP) is -0.421. The zero-order valence-corrected chi connectivity index (χ0v) is 5.28. The van der Waals surface area contributed by atoms with E-state index in [1.54, 1.807) is 0 Å². The Morgan fingerprint density at radius 3 is 2.40 bits per heavy atom. The average molecular weight is 144 g/mol. The summed E-state index contributed by atoms with van der Waals surface area (Å²) in [6, 6.07) is 0. The van der Waals surface area contributed by atoms with Crippen molar-refractivity contribution in [3.8, 4) is 0 Å². The first-order chi connectivity index (χ1) is 4.74. The monoisotopic (exact) mass is 144 g/mol. The van der Waals surface area contributed by atoms with E-state index in [1.165, 1.54) is 0 Å². The van der Waals surface area contributed by atoms with Gasteiger partial charge >= 0.3 is 0 Å². The summed E-state index contributed by atoms with van der Waals surface area (Å²) in [4.78, 5) is 20.3. The van der Waals surface area contributed by atoms with Crippen molar-refractivity contribution in [3.63, 3.8) is 0 Å². The van der Waals surface area contributed by atoms with Crippen LogP contribution in [0.3, 0.4) is 0 Å². The zero-order chi connectivity index (χ0) is 7.98. The molecule has 4 nitrogen and oxygen atoms in total. The van der Waals surface area contributed by atoms with Crippen molar-refractivity contribution >= 4 is 12.1 Å². The minimum Gasteiger partial charge on any atom is -0.515 e. The first-order valence-electron chi connectivity index (χ1n) is 2.65. The molecule has 4 heteroatoms. The van der Waals surface area contributed by atoms with E-state index in [-0.39, 0.29) is 12.0 Å². The second kappa shape index (κ2) is 4.69. The molecule has 0 unspecified atom stereocenters. The van der Waals surface area contributed by atoms with Gasteiger partial charge in [-0.2, -0.15) is 0 Å². The maximum Gasteiger partial charge on any atom is 0.162 e. The molecule has 0 aliphatic rings. The summed E-state index contributed by atoms with van der Waals surface area (Å²) in [5.74, 6) is -0.493. The number of ketones is 1. The van der Waals surface area contributed by atoms with Crippen LogP contribution < -0.4 is 0 Å². The van der Waals surface area contributed by atoms with Crippen LogP contribution in [0, 0.1) is 0 Å². The van der Waals surface area contributed by atoms with Crippen molar-refractivity contribution in [2.24, 2.45) is 0 Å². The van der Waals surface area contributed by atoms with Gasteiger partial charge in [-0.25, -0.2) is 0 Å². The standard InChI is InChI=1S/C6H8O4/c7-2-5(3-8)1-6(10)4-9/h2-3,7,9H,1,4H2. The lowest BCUT2D eigenvalue weighted by molar-refractivity contribution is -0.121. The van der Waals surface area contributed by atoms with E-state index in [0.717, 1.165) is 0 Å². The highest BCUT2D eigenvalue weighted by atomic mass is 16.3. The molecule has 0 radical (unpaired) electrons. The van der Waals surface area contributed by atoms with Crippen LogP contribution in [0.25, 0.3) is 0 Å². The molecule has 0 bridgehead atoms. The highest BCUT2D eigenvalue weighted by Crippen LogP contribution is 1.95. The van der Waals surface area contributed by atoms with Crippen LogP contribution in [-0.2, 0) is 9.59 Å². The molecule has 0 saturated heterocycles. The normalized spacial score (nSPS) is 11.1. The number of carbonyl (C=O) groups is 2. The fraction of sp³-hybridized carbons (Fsp3) is 0.333. The van der Waals surface area contributed by atoms with Crippen molar-refractivity contribution in [1.29, 1.82) is 0 Å². The number of hydrogen-bond acceptors (Lipinski definition) is 4. The number of allylic oxidation sites excluding steroid dienone is 1. The van der Waals surface area contributed by atoms with Gasteiger partial charge < -0.3 is 10.2 Å². The molecule has 0 spiro atoms. The first-order valence-corrected chi connectivity index (χ1v) is 2.65. The molecule has 56 valence electrons. The molecule has 0 aromatic carbocycles. The molecule has 0 amide bonds. The van der Waals surface area contributed by atoms with Crippen molar-refractivity contribution in [2.75, 3.05) is 6.61 Å². The summed E-state index contributed by atoms with van der Waals surface area (Å²) in [7, 11) is 0. The molecule has 0 fully saturated rings. The van der Waals surface area contributed by atoms with E-state index >= 15 is 0 Å². The lowest BCUT2D eigenvalue weighted by Gasteiger charge is -1.92. The van der Waals surface area contributed by atoms with Crippen molar-refractivity contribution < 1.29 is 19.8 Å². The minimum atomic E-state index is -0.606. The van der Waals surface area contributed by atoms with Crippen LogP contribution in [0.4, 0.5) is 0 Å². The number of hydrogen-bond donors (Lipinski definition) is 2. The Morgan fingerprint density at radius 1 is 1.50 bits per heavy atom. The molecule has 0 aromatic rings. The topological polar surface area (TPSA) is 74.6 Å².